The molecule has 1 aliphatic heterocycles. The molecular formula is C11H10OS. The van der Waals surface area contributed by atoms with Gasteiger partial charge in [0.15, 0.2) is 5.78 Å². The molecule has 1 spiro atoms. The van der Waals surface area contributed by atoms with Gasteiger partial charge in [0.1, 0.15) is 0 Å². The molecule has 2 heteroatoms. The third-order valence-electron chi connectivity index (χ3n) is 2.80. The Morgan fingerprint density at radius 3 is 2.85 bits per heavy atom. The number of carbonyl (C=O) groups excluding carboxylic acids is 1. The lowest BCUT2D eigenvalue weighted by atomic mass is 10.1. The van der Waals surface area contributed by atoms with Gasteiger partial charge in [0.05, 0.1) is 4.75 Å². The first-order valence-corrected chi connectivity index (χ1v) is 5.37. The molecule has 1 aromatic rings. The summed E-state index contributed by atoms with van der Waals surface area (Å²) in [5, 5.41) is 0. The van der Waals surface area contributed by atoms with E-state index in [0.29, 0.717) is 5.78 Å². The first-order valence-electron chi connectivity index (χ1n) is 4.56. The van der Waals surface area contributed by atoms with Gasteiger partial charge in [-0.05, 0) is 31.9 Å². The van der Waals surface area contributed by atoms with E-state index in [9.17, 15) is 4.79 Å². The number of aryl methyl sites for hydroxylation is 1. The van der Waals surface area contributed by atoms with E-state index in [4.69, 9.17) is 0 Å². The normalized spacial score (nSPS) is 22.1. The lowest BCUT2D eigenvalue weighted by Gasteiger charge is -1.98. The van der Waals surface area contributed by atoms with Crippen LogP contribution in [0, 0.1) is 6.92 Å². The molecule has 0 unspecified atom stereocenters. The highest BCUT2D eigenvalue weighted by atomic mass is 32.2. The molecular weight excluding hydrogens is 180 g/mol. The fourth-order valence-electron chi connectivity index (χ4n) is 1.86. The maximum atomic E-state index is 11.9. The molecule has 1 fully saturated rings. The third kappa shape index (κ3) is 0.923. The van der Waals surface area contributed by atoms with Crippen LogP contribution in [0.4, 0.5) is 0 Å². The molecule has 1 aliphatic carbocycles. The van der Waals surface area contributed by atoms with Crippen molar-refractivity contribution in [3.8, 4) is 0 Å². The maximum absolute atomic E-state index is 11.9. The fraction of sp³-hybridized carbons (Fsp3) is 0.364. The van der Waals surface area contributed by atoms with E-state index in [0.717, 1.165) is 18.4 Å². The number of carbonyl (C=O) groups is 1. The van der Waals surface area contributed by atoms with Crippen LogP contribution in [0.3, 0.4) is 0 Å². The second-order valence-corrected chi connectivity index (χ2v) is 5.35. The average molecular weight is 190 g/mol. The minimum atomic E-state index is -0.0177. The van der Waals surface area contributed by atoms with Gasteiger partial charge in [0, 0.05) is 10.5 Å². The van der Waals surface area contributed by atoms with E-state index >= 15 is 0 Å². The number of rotatable bonds is 0. The average Bonchev–Trinajstić information content (AvgIpc) is 2.83. The Balaban J connectivity index is 2.18. The van der Waals surface area contributed by atoms with Crippen molar-refractivity contribution in [2.75, 3.05) is 0 Å². The van der Waals surface area contributed by atoms with Gasteiger partial charge >= 0.3 is 0 Å². The molecule has 66 valence electrons. The Bertz CT molecular complexity index is 405. The zero-order chi connectivity index (χ0) is 9.05. The van der Waals surface area contributed by atoms with Crippen LogP contribution in [0.1, 0.15) is 28.8 Å². The summed E-state index contributed by atoms with van der Waals surface area (Å²) in [6, 6.07) is 6.19. The first-order chi connectivity index (χ1) is 6.21. The van der Waals surface area contributed by atoms with Crippen LogP contribution in [0.25, 0.3) is 0 Å². The molecule has 13 heavy (non-hydrogen) atoms. The molecule has 1 nitrogen and oxygen atoms in total. The van der Waals surface area contributed by atoms with Crippen molar-refractivity contribution in [2.45, 2.75) is 29.4 Å². The summed E-state index contributed by atoms with van der Waals surface area (Å²) >= 11 is 1.77. The Kier molecular flexibility index (Phi) is 1.28. The van der Waals surface area contributed by atoms with Crippen LogP contribution in [-0.2, 0) is 0 Å². The van der Waals surface area contributed by atoms with Crippen LogP contribution in [0.15, 0.2) is 23.1 Å². The zero-order valence-electron chi connectivity index (χ0n) is 7.46. The number of fused-ring (bicyclic) bond motifs is 1. The van der Waals surface area contributed by atoms with E-state index in [1.54, 1.807) is 11.8 Å². The SMILES string of the molecule is Cc1ccc2c(c1)C(=O)C1(CC1)S2. The quantitative estimate of drug-likeness (QED) is 0.625. The Morgan fingerprint density at radius 1 is 1.38 bits per heavy atom. The molecule has 0 bridgehead atoms. The topological polar surface area (TPSA) is 17.1 Å². The number of hydrogen-bond donors (Lipinski definition) is 0. The summed E-state index contributed by atoms with van der Waals surface area (Å²) in [6.45, 7) is 2.04. The molecule has 0 atom stereocenters. The smallest absolute Gasteiger partial charge is 0.180 e. The molecule has 0 N–H and O–H groups in total. The number of Topliss-reactive ketones (excluding diaryl/α,β-unsaturated/α-hetero) is 1. The van der Waals surface area contributed by atoms with Crippen molar-refractivity contribution >= 4 is 17.5 Å². The summed E-state index contributed by atoms with van der Waals surface area (Å²) in [6.07, 6.45) is 2.15. The van der Waals surface area contributed by atoms with Crippen molar-refractivity contribution in [2.24, 2.45) is 0 Å². The molecule has 2 aliphatic rings. The van der Waals surface area contributed by atoms with Crippen LogP contribution in [-0.4, -0.2) is 10.5 Å². The molecule has 0 saturated heterocycles. The van der Waals surface area contributed by atoms with Gasteiger partial charge in [0.2, 0.25) is 0 Å². The molecule has 0 amide bonds. The van der Waals surface area contributed by atoms with Gasteiger partial charge in [-0.3, -0.25) is 4.79 Å². The van der Waals surface area contributed by atoms with Gasteiger partial charge in [-0.25, -0.2) is 0 Å². The number of benzene rings is 1. The van der Waals surface area contributed by atoms with Crippen LogP contribution in [0.5, 0.6) is 0 Å². The van der Waals surface area contributed by atoms with E-state index in [1.807, 2.05) is 13.0 Å². The predicted molar refractivity (Wildman–Crippen MR) is 53.3 cm³/mol. The van der Waals surface area contributed by atoms with E-state index in [2.05, 4.69) is 12.1 Å². The number of hydrogen-bond acceptors (Lipinski definition) is 2. The van der Waals surface area contributed by atoms with Gasteiger partial charge in [-0.2, -0.15) is 0 Å². The summed E-state index contributed by atoms with van der Waals surface area (Å²) in [4.78, 5) is 13.1. The Morgan fingerprint density at radius 2 is 2.15 bits per heavy atom. The minimum absolute atomic E-state index is 0.0177. The lowest BCUT2D eigenvalue weighted by molar-refractivity contribution is 0.0983. The molecule has 1 aromatic carbocycles. The van der Waals surface area contributed by atoms with Crippen LogP contribution >= 0.6 is 11.8 Å². The summed E-state index contributed by atoms with van der Waals surface area (Å²) in [5.74, 6) is 0.371. The Labute approximate surface area is 81.5 Å². The van der Waals surface area contributed by atoms with Crippen molar-refractivity contribution < 1.29 is 4.79 Å². The zero-order valence-corrected chi connectivity index (χ0v) is 8.28. The second-order valence-electron chi connectivity index (χ2n) is 3.93. The first kappa shape index (κ1) is 7.63. The number of ketones is 1. The highest BCUT2D eigenvalue weighted by Gasteiger charge is 2.55. The minimum Gasteiger partial charge on any atom is -0.293 e. The molecule has 1 saturated carbocycles. The van der Waals surface area contributed by atoms with Crippen LogP contribution < -0.4 is 0 Å². The van der Waals surface area contributed by atoms with Gasteiger partial charge in [0.25, 0.3) is 0 Å². The van der Waals surface area contributed by atoms with E-state index in [-0.39, 0.29) is 4.75 Å². The molecule has 1 heterocycles. The summed E-state index contributed by atoms with van der Waals surface area (Å²) in [5.41, 5.74) is 2.15. The number of thioether (sulfide) groups is 1. The van der Waals surface area contributed by atoms with Crippen molar-refractivity contribution in [1.82, 2.24) is 0 Å². The highest BCUT2D eigenvalue weighted by Crippen LogP contribution is 2.59. The molecule has 3 rings (SSSR count). The third-order valence-corrected chi connectivity index (χ3v) is 4.36. The maximum Gasteiger partial charge on any atom is 0.180 e. The summed E-state index contributed by atoms with van der Waals surface area (Å²) in [7, 11) is 0. The lowest BCUT2D eigenvalue weighted by Crippen LogP contribution is -2.11. The largest absolute Gasteiger partial charge is 0.293 e. The van der Waals surface area contributed by atoms with Crippen molar-refractivity contribution in [1.29, 1.82) is 0 Å². The van der Waals surface area contributed by atoms with Gasteiger partial charge in [-0.15, -0.1) is 11.8 Å². The van der Waals surface area contributed by atoms with Gasteiger partial charge < -0.3 is 0 Å². The van der Waals surface area contributed by atoms with E-state index < -0.39 is 0 Å². The fourth-order valence-corrected chi connectivity index (χ4v) is 3.18. The highest BCUT2D eigenvalue weighted by molar-refractivity contribution is 8.02. The van der Waals surface area contributed by atoms with Crippen molar-refractivity contribution in [3.63, 3.8) is 0 Å². The van der Waals surface area contributed by atoms with E-state index in [1.165, 1.54) is 10.5 Å². The molecule has 0 radical (unpaired) electrons. The van der Waals surface area contributed by atoms with Crippen LogP contribution in [0.2, 0.25) is 0 Å². The molecule has 0 aromatic heterocycles. The second kappa shape index (κ2) is 2.18. The van der Waals surface area contributed by atoms with Gasteiger partial charge in [-0.1, -0.05) is 11.6 Å². The standard InChI is InChI=1S/C11H10OS/c1-7-2-3-9-8(6-7)10(12)11(13-9)4-5-11/h2-3,6H,4-5H2,1H3. The monoisotopic (exact) mass is 190 g/mol. The predicted octanol–water partition coefficient (Wildman–Crippen LogP) is 2.82. The van der Waals surface area contributed by atoms with Crippen molar-refractivity contribution in [3.05, 3.63) is 29.3 Å². The Hall–Kier alpha value is -0.760. The summed E-state index contributed by atoms with van der Waals surface area (Å²) < 4.78 is -0.0177.